The van der Waals surface area contributed by atoms with Crippen molar-refractivity contribution in [2.75, 3.05) is 4.90 Å². The van der Waals surface area contributed by atoms with Gasteiger partial charge >= 0.3 is 0 Å². The van der Waals surface area contributed by atoms with Gasteiger partial charge in [-0.05, 0) is 50.3 Å². The van der Waals surface area contributed by atoms with Gasteiger partial charge in [0.25, 0.3) is 0 Å². The third kappa shape index (κ3) is 2.60. The maximum absolute atomic E-state index is 12.6. The summed E-state index contributed by atoms with van der Waals surface area (Å²) in [7, 11) is 0. The number of anilines is 1. The molecule has 22 heavy (non-hydrogen) atoms. The zero-order chi connectivity index (χ0) is 15.7. The Kier molecular flexibility index (Phi) is 4.14. The molecule has 0 radical (unpaired) electrons. The Morgan fingerprint density at radius 3 is 2.45 bits per heavy atom. The van der Waals surface area contributed by atoms with E-state index in [9.17, 15) is 9.59 Å². The molecule has 2 aliphatic rings. The summed E-state index contributed by atoms with van der Waals surface area (Å²) in [6.45, 7) is 4.22. The topological polar surface area (TPSA) is 37.4 Å². The van der Waals surface area contributed by atoms with E-state index in [-0.39, 0.29) is 23.7 Å². The Morgan fingerprint density at radius 2 is 1.77 bits per heavy atom. The molecule has 3 heteroatoms. The van der Waals surface area contributed by atoms with Gasteiger partial charge in [0.05, 0.1) is 17.5 Å². The molecule has 0 bridgehead atoms. The number of rotatable bonds is 4. The first-order valence-corrected chi connectivity index (χ1v) is 8.24. The lowest BCUT2D eigenvalue weighted by Gasteiger charge is -2.18. The molecule has 1 aliphatic carbocycles. The number of hydrogen-bond donors (Lipinski definition) is 0. The SMILES string of the molecule is CCCCc1ccc(N2C(=O)C3CC=C(C)CC3C2=O)cc1. The van der Waals surface area contributed by atoms with Crippen LogP contribution in [0.25, 0.3) is 0 Å². The largest absolute Gasteiger partial charge is 0.274 e. The van der Waals surface area contributed by atoms with Gasteiger partial charge in [-0.25, -0.2) is 0 Å². The first-order chi connectivity index (χ1) is 10.6. The Bertz CT molecular complexity index is 615. The number of allylic oxidation sites excluding steroid dienone is 2. The maximum Gasteiger partial charge on any atom is 0.238 e. The molecule has 3 nitrogen and oxygen atoms in total. The number of nitrogens with zero attached hydrogens (tertiary/aromatic N) is 1. The molecule has 1 aliphatic heterocycles. The van der Waals surface area contributed by atoms with Crippen molar-refractivity contribution in [3.8, 4) is 0 Å². The van der Waals surface area contributed by atoms with E-state index >= 15 is 0 Å². The third-order valence-electron chi connectivity index (χ3n) is 4.84. The monoisotopic (exact) mass is 297 g/mol. The Morgan fingerprint density at radius 1 is 1.09 bits per heavy atom. The zero-order valence-electron chi connectivity index (χ0n) is 13.3. The molecule has 2 unspecified atom stereocenters. The fraction of sp³-hybridized carbons (Fsp3) is 0.474. The van der Waals surface area contributed by atoms with Crippen molar-refractivity contribution in [3.05, 3.63) is 41.5 Å². The van der Waals surface area contributed by atoms with Crippen molar-refractivity contribution in [2.45, 2.75) is 46.0 Å². The molecule has 116 valence electrons. The first kappa shape index (κ1) is 15.0. The summed E-state index contributed by atoms with van der Waals surface area (Å²) in [6, 6.07) is 7.91. The summed E-state index contributed by atoms with van der Waals surface area (Å²) in [5.74, 6) is -0.364. The highest BCUT2D eigenvalue weighted by Gasteiger charge is 2.48. The van der Waals surface area contributed by atoms with E-state index in [1.54, 1.807) is 0 Å². The molecule has 1 saturated heterocycles. The average Bonchev–Trinajstić information content (AvgIpc) is 2.77. The van der Waals surface area contributed by atoms with Gasteiger partial charge in [-0.3, -0.25) is 14.5 Å². The number of unbranched alkanes of at least 4 members (excludes halogenated alkanes) is 1. The first-order valence-electron chi connectivity index (χ1n) is 8.24. The number of benzene rings is 1. The van der Waals surface area contributed by atoms with E-state index in [2.05, 4.69) is 13.0 Å². The van der Waals surface area contributed by atoms with Gasteiger partial charge in [0, 0.05) is 0 Å². The third-order valence-corrected chi connectivity index (χ3v) is 4.84. The van der Waals surface area contributed by atoms with Crippen LogP contribution in [0.5, 0.6) is 0 Å². The second kappa shape index (κ2) is 6.07. The molecule has 2 atom stereocenters. The van der Waals surface area contributed by atoms with E-state index in [0.29, 0.717) is 6.42 Å². The Labute approximate surface area is 132 Å². The van der Waals surface area contributed by atoms with Crippen LogP contribution in [0.4, 0.5) is 5.69 Å². The summed E-state index contributed by atoms with van der Waals surface area (Å²) >= 11 is 0. The number of hydrogen-bond acceptors (Lipinski definition) is 2. The second-order valence-corrected chi connectivity index (χ2v) is 6.49. The number of carbonyl (C=O) groups excluding carboxylic acids is 2. The number of amides is 2. The minimum absolute atomic E-state index is 0.0243. The summed E-state index contributed by atoms with van der Waals surface area (Å²) in [5, 5.41) is 0. The van der Waals surface area contributed by atoms with Crippen molar-refractivity contribution in [3.63, 3.8) is 0 Å². The predicted molar refractivity (Wildman–Crippen MR) is 87.5 cm³/mol. The van der Waals surface area contributed by atoms with Crippen LogP contribution in [-0.4, -0.2) is 11.8 Å². The van der Waals surface area contributed by atoms with E-state index in [0.717, 1.165) is 24.9 Å². The van der Waals surface area contributed by atoms with Crippen LogP contribution in [0.3, 0.4) is 0 Å². The van der Waals surface area contributed by atoms with Crippen molar-refractivity contribution < 1.29 is 9.59 Å². The highest BCUT2D eigenvalue weighted by molar-refractivity contribution is 6.22. The molecule has 1 fully saturated rings. The lowest BCUT2D eigenvalue weighted by Crippen LogP contribution is -2.30. The van der Waals surface area contributed by atoms with Crippen LogP contribution in [0.2, 0.25) is 0 Å². The van der Waals surface area contributed by atoms with E-state index in [1.165, 1.54) is 22.5 Å². The van der Waals surface area contributed by atoms with Crippen molar-refractivity contribution in [1.82, 2.24) is 0 Å². The molecule has 3 rings (SSSR count). The van der Waals surface area contributed by atoms with Crippen molar-refractivity contribution in [1.29, 1.82) is 0 Å². The molecule has 0 N–H and O–H groups in total. The zero-order valence-corrected chi connectivity index (χ0v) is 13.3. The smallest absolute Gasteiger partial charge is 0.238 e. The maximum atomic E-state index is 12.6. The van der Waals surface area contributed by atoms with Crippen molar-refractivity contribution in [2.24, 2.45) is 11.8 Å². The lowest BCUT2D eigenvalue weighted by atomic mass is 9.82. The standard InChI is InChI=1S/C19H23NO2/c1-3-4-5-14-7-9-15(10-8-14)20-18(21)16-11-6-13(2)12-17(16)19(20)22/h6-10,16-17H,3-5,11-12H2,1-2H3. The summed E-state index contributed by atoms with van der Waals surface area (Å²) in [4.78, 5) is 26.6. The fourth-order valence-electron chi connectivity index (χ4n) is 3.48. The van der Waals surface area contributed by atoms with Gasteiger partial charge in [-0.1, -0.05) is 37.1 Å². The molecule has 1 aromatic carbocycles. The van der Waals surface area contributed by atoms with Crippen LogP contribution >= 0.6 is 0 Å². The molecule has 0 aromatic heterocycles. The Balaban J connectivity index is 1.80. The molecule has 0 spiro atoms. The van der Waals surface area contributed by atoms with Gasteiger partial charge < -0.3 is 0 Å². The molecule has 2 amide bonds. The molecule has 1 aromatic rings. The summed E-state index contributed by atoms with van der Waals surface area (Å²) < 4.78 is 0. The van der Waals surface area contributed by atoms with E-state index < -0.39 is 0 Å². The lowest BCUT2D eigenvalue weighted by molar-refractivity contribution is -0.122. The van der Waals surface area contributed by atoms with Gasteiger partial charge in [0.1, 0.15) is 0 Å². The second-order valence-electron chi connectivity index (χ2n) is 6.49. The highest BCUT2D eigenvalue weighted by Crippen LogP contribution is 2.39. The number of aryl methyl sites for hydroxylation is 1. The normalized spacial score (nSPS) is 24.5. The number of carbonyl (C=O) groups is 2. The molecule has 1 heterocycles. The molecular formula is C19H23NO2. The number of fused-ring (bicyclic) bond motifs is 1. The van der Waals surface area contributed by atoms with Crippen LogP contribution in [0.15, 0.2) is 35.9 Å². The average molecular weight is 297 g/mol. The van der Waals surface area contributed by atoms with Crippen molar-refractivity contribution >= 4 is 17.5 Å². The van der Waals surface area contributed by atoms with Gasteiger partial charge in [0.2, 0.25) is 11.8 Å². The van der Waals surface area contributed by atoms with E-state index in [4.69, 9.17) is 0 Å². The Hall–Kier alpha value is -1.90. The van der Waals surface area contributed by atoms with Crippen LogP contribution in [0, 0.1) is 11.8 Å². The quantitative estimate of drug-likeness (QED) is 0.625. The number of imide groups is 1. The van der Waals surface area contributed by atoms with Crippen LogP contribution < -0.4 is 4.90 Å². The van der Waals surface area contributed by atoms with Gasteiger partial charge in [-0.2, -0.15) is 0 Å². The molecular weight excluding hydrogens is 274 g/mol. The summed E-state index contributed by atoms with van der Waals surface area (Å²) in [6.07, 6.45) is 6.90. The minimum atomic E-state index is -0.157. The van der Waals surface area contributed by atoms with Gasteiger partial charge in [-0.15, -0.1) is 0 Å². The fourth-order valence-corrected chi connectivity index (χ4v) is 3.48. The highest BCUT2D eigenvalue weighted by atomic mass is 16.2. The van der Waals surface area contributed by atoms with E-state index in [1.807, 2.05) is 31.2 Å². The molecule has 0 saturated carbocycles. The predicted octanol–water partition coefficient (Wildman–Crippen LogP) is 3.87. The van der Waals surface area contributed by atoms with Crippen LogP contribution in [-0.2, 0) is 16.0 Å². The summed E-state index contributed by atoms with van der Waals surface area (Å²) in [5.41, 5.74) is 3.21. The van der Waals surface area contributed by atoms with Crippen LogP contribution in [0.1, 0.15) is 45.1 Å². The minimum Gasteiger partial charge on any atom is -0.274 e. The van der Waals surface area contributed by atoms with Gasteiger partial charge in [0.15, 0.2) is 0 Å².